The van der Waals surface area contributed by atoms with Gasteiger partial charge in [-0.15, -0.1) is 0 Å². The highest BCUT2D eigenvalue weighted by Gasteiger charge is 2.27. The van der Waals surface area contributed by atoms with Crippen molar-refractivity contribution >= 4 is 0 Å². The molecule has 0 aromatic carbocycles. The van der Waals surface area contributed by atoms with Gasteiger partial charge in [0.15, 0.2) is 0 Å². The first kappa shape index (κ1) is 104. The minimum absolute atomic E-state index is 0. The van der Waals surface area contributed by atoms with Gasteiger partial charge in [0.1, 0.15) is 0 Å². The fourth-order valence-electron chi connectivity index (χ4n) is 6.08. The van der Waals surface area contributed by atoms with E-state index in [-0.39, 0.29) is 43.1 Å². The van der Waals surface area contributed by atoms with Crippen LogP contribution in [0.25, 0.3) is 0 Å². The van der Waals surface area contributed by atoms with Crippen molar-refractivity contribution in [3.63, 3.8) is 0 Å². The van der Waals surface area contributed by atoms with E-state index in [0.29, 0.717) is 23.2 Å². The number of unbranched alkanes of at least 4 members (excludes halogenated alkanes) is 1. The van der Waals surface area contributed by atoms with E-state index in [4.69, 9.17) is 0 Å². The van der Waals surface area contributed by atoms with Crippen molar-refractivity contribution in [2.75, 3.05) is 40.3 Å². The van der Waals surface area contributed by atoms with Gasteiger partial charge in [0, 0.05) is 6.42 Å². The standard InChI is InChI=1S/C8H17N.2C8H18.C7H17N.C7H16.C6H13F.2C6H14.C5H9F3.5CH4/c1-8(2)4-7-9-5-3-6-9;1-7(2)6-8(3,4)5;1-6-8(4,5)7(2)3;1-7(2)5-6-8(3)4;1-4-5-6-7(2)3;1-5(2)4-6(3)7;2*1-4-5-6(2)3;1-4(2)3-5(6,7)8;;;;;/h8H,3-7H2,1-2H3;2*7H,6H2,1-5H3;7H,5-6H2,1-4H3;7H,4-6H2,1-3H3;5-6H,4H2,1-3H3;2*6H,4-5H2,1-3H3;4H,3H2,1-2H3;5*1H4. The van der Waals surface area contributed by atoms with Gasteiger partial charge in [-0.25, -0.2) is 4.39 Å². The van der Waals surface area contributed by atoms with Gasteiger partial charge in [-0.2, -0.15) is 13.2 Å². The Morgan fingerprint density at radius 2 is 0.806 bits per heavy atom. The quantitative estimate of drug-likeness (QED) is 0.119. The van der Waals surface area contributed by atoms with Gasteiger partial charge in [0.05, 0.1) is 6.17 Å². The molecule has 1 unspecified atom stereocenters. The van der Waals surface area contributed by atoms with Crippen LogP contribution in [-0.2, 0) is 0 Å². The molecule has 0 aromatic heterocycles. The second kappa shape index (κ2) is 66.8. The van der Waals surface area contributed by atoms with Gasteiger partial charge in [-0.1, -0.05) is 275 Å². The normalized spacial score (nSPS) is 12.2. The molecule has 6 heteroatoms. The molecule has 2 nitrogen and oxygen atoms in total. The molecule has 0 amide bonds. The van der Waals surface area contributed by atoms with Crippen LogP contribution in [0, 0.1) is 64.1 Å². The third-order valence-electron chi connectivity index (χ3n) is 10.9. The van der Waals surface area contributed by atoms with Crippen LogP contribution in [0.3, 0.4) is 0 Å². The molecular weight excluding hydrogens is 897 g/mol. The molecule has 1 fully saturated rings. The lowest BCUT2D eigenvalue weighted by Gasteiger charge is -2.31. The summed E-state index contributed by atoms with van der Waals surface area (Å²) < 4.78 is 45.9. The maximum absolute atomic E-state index is 12.0. The number of rotatable bonds is 19. The molecule has 72 heavy (non-hydrogen) atoms. The average molecular weight is 1050 g/mol. The molecule has 0 aromatic rings. The zero-order valence-corrected chi connectivity index (χ0v) is 52.4. The Labute approximate surface area is 463 Å². The van der Waals surface area contributed by atoms with Crippen molar-refractivity contribution in [3.8, 4) is 0 Å². The Morgan fingerprint density at radius 3 is 0.875 bits per heavy atom. The van der Waals surface area contributed by atoms with E-state index in [2.05, 4.69) is 183 Å². The molecule has 1 aliphatic heterocycles. The lowest BCUT2D eigenvalue weighted by atomic mass is 9.79. The summed E-state index contributed by atoms with van der Waals surface area (Å²) in [7, 11) is 4.23. The van der Waals surface area contributed by atoms with Crippen molar-refractivity contribution < 1.29 is 17.6 Å². The molecule has 0 radical (unpaired) electrons. The summed E-state index contributed by atoms with van der Waals surface area (Å²) in [5.41, 5.74) is 1.06. The first-order chi connectivity index (χ1) is 30.2. The summed E-state index contributed by atoms with van der Waals surface area (Å²) in [5.74, 6) is 6.30. The molecule has 0 spiro atoms. The Balaban J connectivity index is -0.0000000492. The smallest absolute Gasteiger partial charge is 0.309 e. The van der Waals surface area contributed by atoms with Gasteiger partial charge >= 0.3 is 6.18 Å². The molecule has 1 atom stereocenters. The molecule has 1 rings (SSSR count). The number of hydrogen-bond donors (Lipinski definition) is 0. The third kappa shape index (κ3) is 139. The van der Waals surface area contributed by atoms with Crippen LogP contribution in [0.2, 0.25) is 0 Å². The fourth-order valence-corrected chi connectivity index (χ4v) is 6.08. The highest BCUT2D eigenvalue weighted by atomic mass is 19.4. The SMILES string of the molecule is C.C.C.C.C.CC(C)CC(C)(C)C.CC(C)CC(C)F.CC(C)CC(F)(F)F.CC(C)CCN(C)C.CC(C)CCN1CCC1.CCC(C)(C)C(C)C.CCCC(C)C.CCCC(C)C.CCCCC(C)C. The lowest BCUT2D eigenvalue weighted by molar-refractivity contribution is -0.141. The van der Waals surface area contributed by atoms with Crippen molar-refractivity contribution in [2.24, 2.45) is 64.1 Å². The maximum Gasteiger partial charge on any atom is 0.389 e. The van der Waals surface area contributed by atoms with Crippen LogP contribution in [0.5, 0.6) is 0 Å². The number of alkyl halides is 4. The Hall–Kier alpha value is -0.360. The molecular formula is C66H156F4N2. The summed E-state index contributed by atoms with van der Waals surface area (Å²) in [6.45, 7) is 66.2. The number of likely N-dealkylation sites (tertiary alicyclic amines) is 1. The predicted molar refractivity (Wildman–Crippen MR) is 339 cm³/mol. The minimum Gasteiger partial charge on any atom is -0.309 e. The van der Waals surface area contributed by atoms with Gasteiger partial charge in [0.25, 0.3) is 0 Å². The van der Waals surface area contributed by atoms with Crippen molar-refractivity contribution in [1.82, 2.24) is 9.80 Å². The largest absolute Gasteiger partial charge is 0.389 e. The van der Waals surface area contributed by atoms with E-state index in [0.717, 1.165) is 41.4 Å². The van der Waals surface area contributed by atoms with Gasteiger partial charge in [-0.05, 0) is 143 Å². The number of nitrogens with zero attached hydrogens (tertiary/aromatic N) is 2. The van der Waals surface area contributed by atoms with Crippen molar-refractivity contribution in [3.05, 3.63) is 0 Å². The topological polar surface area (TPSA) is 6.48 Å². The van der Waals surface area contributed by atoms with Crippen LogP contribution in [-0.4, -0.2) is 62.4 Å². The van der Waals surface area contributed by atoms with E-state index in [1.165, 1.54) is 103 Å². The third-order valence-corrected chi connectivity index (χ3v) is 10.9. The average Bonchev–Trinajstić information content (AvgIpc) is 3.08. The van der Waals surface area contributed by atoms with Crippen LogP contribution >= 0.6 is 0 Å². The van der Waals surface area contributed by atoms with E-state index in [9.17, 15) is 17.6 Å². The van der Waals surface area contributed by atoms with Crippen LogP contribution in [0.4, 0.5) is 17.6 Å². The highest BCUT2D eigenvalue weighted by Crippen LogP contribution is 2.29. The number of hydrogen-bond acceptors (Lipinski definition) is 2. The minimum atomic E-state index is -3.98. The molecule has 458 valence electrons. The van der Waals surface area contributed by atoms with Crippen molar-refractivity contribution in [2.45, 2.75) is 333 Å². The number of halogens is 4. The van der Waals surface area contributed by atoms with Crippen LogP contribution in [0.1, 0.15) is 321 Å². The first-order valence-corrected chi connectivity index (χ1v) is 28.3. The monoisotopic (exact) mass is 1050 g/mol. The summed E-state index contributed by atoms with van der Waals surface area (Å²) in [4.78, 5) is 4.75. The van der Waals surface area contributed by atoms with Gasteiger partial charge in [0.2, 0.25) is 0 Å². The van der Waals surface area contributed by atoms with E-state index in [1.54, 1.807) is 20.8 Å². The molecule has 0 aliphatic carbocycles. The van der Waals surface area contributed by atoms with Crippen LogP contribution in [0.15, 0.2) is 0 Å². The van der Waals surface area contributed by atoms with Crippen molar-refractivity contribution in [1.29, 1.82) is 0 Å². The fraction of sp³-hybridized carbons (Fsp3) is 1.00. The molecule has 1 saturated heterocycles. The van der Waals surface area contributed by atoms with E-state index >= 15 is 0 Å². The summed E-state index contributed by atoms with van der Waals surface area (Å²) >= 11 is 0. The molecule has 0 N–H and O–H groups in total. The summed E-state index contributed by atoms with van der Waals surface area (Å²) in [6, 6.07) is 0. The molecule has 0 saturated carbocycles. The summed E-state index contributed by atoms with van der Waals surface area (Å²) in [5, 5.41) is 0. The van der Waals surface area contributed by atoms with E-state index < -0.39 is 18.8 Å². The van der Waals surface area contributed by atoms with Crippen LogP contribution < -0.4 is 0 Å². The Morgan fingerprint density at radius 1 is 0.458 bits per heavy atom. The first-order valence-electron chi connectivity index (χ1n) is 28.3. The molecule has 0 bridgehead atoms. The molecule has 1 heterocycles. The van der Waals surface area contributed by atoms with E-state index in [1.807, 2.05) is 13.8 Å². The van der Waals surface area contributed by atoms with Gasteiger partial charge in [-0.3, -0.25) is 0 Å². The zero-order valence-electron chi connectivity index (χ0n) is 52.4. The second-order valence-electron chi connectivity index (χ2n) is 25.5. The summed E-state index contributed by atoms with van der Waals surface area (Å²) in [6.07, 6.45) is 11.7. The molecule has 1 aliphatic rings. The Kier molecular flexibility index (Phi) is 96.4. The van der Waals surface area contributed by atoms with Gasteiger partial charge < -0.3 is 9.80 Å². The Bertz CT molecular complexity index is 831. The highest BCUT2D eigenvalue weighted by molar-refractivity contribution is 4.69. The maximum atomic E-state index is 12.0. The zero-order chi connectivity index (χ0) is 55.2. The second-order valence-corrected chi connectivity index (χ2v) is 25.5. The predicted octanol–water partition coefficient (Wildman–Crippen LogP) is 25.4. The lowest BCUT2D eigenvalue weighted by Crippen LogP contribution is -2.38.